The van der Waals surface area contributed by atoms with Crippen LogP contribution < -0.4 is 0 Å². The molecule has 0 saturated carbocycles. The second kappa shape index (κ2) is 7.26. The van der Waals surface area contributed by atoms with E-state index in [0.717, 1.165) is 25.9 Å². The second-order valence-corrected chi connectivity index (χ2v) is 5.01. The van der Waals surface area contributed by atoms with Crippen molar-refractivity contribution >= 4 is 5.91 Å². The van der Waals surface area contributed by atoms with Crippen molar-refractivity contribution in [2.75, 3.05) is 32.8 Å². The van der Waals surface area contributed by atoms with Crippen LogP contribution >= 0.6 is 0 Å². The Labute approximate surface area is 114 Å². The maximum absolute atomic E-state index is 12.1. The van der Waals surface area contributed by atoms with E-state index in [-0.39, 0.29) is 12.5 Å². The number of benzene rings is 1. The van der Waals surface area contributed by atoms with E-state index in [2.05, 4.69) is 0 Å². The van der Waals surface area contributed by atoms with Gasteiger partial charge in [0.2, 0.25) is 5.91 Å². The summed E-state index contributed by atoms with van der Waals surface area (Å²) in [7, 11) is 0. The second-order valence-electron chi connectivity index (χ2n) is 5.01. The van der Waals surface area contributed by atoms with Gasteiger partial charge in [-0.3, -0.25) is 9.69 Å². The molecule has 0 atom stereocenters. The average molecular weight is 262 g/mol. The highest BCUT2D eigenvalue weighted by atomic mass is 16.3. The van der Waals surface area contributed by atoms with Gasteiger partial charge in [0.25, 0.3) is 0 Å². The van der Waals surface area contributed by atoms with Crippen LogP contribution in [0.4, 0.5) is 0 Å². The van der Waals surface area contributed by atoms with Crippen LogP contribution in [0.1, 0.15) is 18.4 Å². The minimum absolute atomic E-state index is 0.0834. The van der Waals surface area contributed by atoms with Crippen LogP contribution in [0.5, 0.6) is 0 Å². The number of hydrogen-bond acceptors (Lipinski definition) is 3. The maximum atomic E-state index is 12.1. The van der Waals surface area contributed by atoms with Gasteiger partial charge in [-0.1, -0.05) is 30.3 Å². The number of aliphatic hydroxyl groups is 1. The summed E-state index contributed by atoms with van der Waals surface area (Å²) in [5.41, 5.74) is 1.17. The summed E-state index contributed by atoms with van der Waals surface area (Å²) in [6.07, 6.45) is 2.23. The molecule has 1 N–H and O–H groups in total. The van der Waals surface area contributed by atoms with Crippen LogP contribution in [-0.4, -0.2) is 53.6 Å². The van der Waals surface area contributed by atoms with E-state index in [0.29, 0.717) is 19.6 Å². The average Bonchev–Trinajstić information content (AvgIpc) is 2.94. The molecule has 2 rings (SSSR count). The predicted molar refractivity (Wildman–Crippen MR) is 74.6 cm³/mol. The molecule has 1 aromatic carbocycles. The van der Waals surface area contributed by atoms with Gasteiger partial charge in [0.05, 0.1) is 13.2 Å². The van der Waals surface area contributed by atoms with Crippen molar-refractivity contribution in [1.82, 2.24) is 9.80 Å². The molecule has 1 amide bonds. The normalized spacial score (nSPS) is 15.2. The summed E-state index contributed by atoms with van der Waals surface area (Å²) < 4.78 is 0. The molecule has 0 aromatic heterocycles. The molecule has 0 radical (unpaired) electrons. The Morgan fingerprint density at radius 1 is 1.21 bits per heavy atom. The lowest BCUT2D eigenvalue weighted by Gasteiger charge is -2.24. The Hall–Kier alpha value is -1.39. The molecule has 19 heavy (non-hydrogen) atoms. The number of carbonyl (C=O) groups is 1. The van der Waals surface area contributed by atoms with Gasteiger partial charge in [0.1, 0.15) is 0 Å². The van der Waals surface area contributed by atoms with E-state index < -0.39 is 0 Å². The Kier molecular flexibility index (Phi) is 5.36. The van der Waals surface area contributed by atoms with E-state index in [1.54, 1.807) is 0 Å². The van der Waals surface area contributed by atoms with Gasteiger partial charge in [0.15, 0.2) is 0 Å². The first-order chi connectivity index (χ1) is 9.29. The first-order valence-electron chi connectivity index (χ1n) is 6.94. The Morgan fingerprint density at radius 3 is 2.53 bits per heavy atom. The molecule has 1 heterocycles. The molecular weight excluding hydrogens is 240 g/mol. The fraction of sp³-hybridized carbons (Fsp3) is 0.533. The lowest BCUT2D eigenvalue weighted by molar-refractivity contribution is -0.131. The van der Waals surface area contributed by atoms with Crippen LogP contribution in [0.3, 0.4) is 0 Å². The summed E-state index contributed by atoms with van der Waals surface area (Å²) in [6, 6.07) is 10.1. The Balaban J connectivity index is 1.90. The largest absolute Gasteiger partial charge is 0.395 e. The molecular formula is C15H22N2O2. The molecule has 0 bridgehead atoms. The van der Waals surface area contributed by atoms with Gasteiger partial charge in [0, 0.05) is 26.2 Å². The van der Waals surface area contributed by atoms with Gasteiger partial charge in [-0.25, -0.2) is 0 Å². The molecule has 104 valence electrons. The van der Waals surface area contributed by atoms with Crippen LogP contribution in [-0.2, 0) is 11.3 Å². The fourth-order valence-corrected chi connectivity index (χ4v) is 2.45. The van der Waals surface area contributed by atoms with E-state index in [4.69, 9.17) is 5.11 Å². The molecule has 4 nitrogen and oxygen atoms in total. The van der Waals surface area contributed by atoms with Gasteiger partial charge in [-0.15, -0.1) is 0 Å². The van der Waals surface area contributed by atoms with E-state index in [1.165, 1.54) is 5.56 Å². The van der Waals surface area contributed by atoms with Crippen molar-refractivity contribution in [2.45, 2.75) is 19.4 Å². The van der Waals surface area contributed by atoms with Crippen LogP contribution in [0.25, 0.3) is 0 Å². The summed E-state index contributed by atoms with van der Waals surface area (Å²) in [5.74, 6) is 0.182. The zero-order valence-electron chi connectivity index (χ0n) is 11.3. The van der Waals surface area contributed by atoms with Gasteiger partial charge in [-0.05, 0) is 18.4 Å². The highest BCUT2D eigenvalue weighted by Gasteiger charge is 2.20. The van der Waals surface area contributed by atoms with Gasteiger partial charge >= 0.3 is 0 Å². The summed E-state index contributed by atoms with van der Waals surface area (Å²) in [4.78, 5) is 16.1. The van der Waals surface area contributed by atoms with Crippen molar-refractivity contribution < 1.29 is 9.90 Å². The number of carbonyl (C=O) groups excluding carboxylic acids is 1. The lowest BCUT2D eigenvalue weighted by atomic mass is 10.2. The number of aliphatic hydroxyl groups excluding tert-OH is 1. The standard InChI is InChI=1S/C15H22N2O2/c18-11-10-16(12-14-6-2-1-3-7-14)13-15(19)17-8-4-5-9-17/h1-3,6-7,18H,4-5,8-13H2. The highest BCUT2D eigenvalue weighted by Crippen LogP contribution is 2.09. The van der Waals surface area contributed by atoms with Gasteiger partial charge < -0.3 is 10.0 Å². The lowest BCUT2D eigenvalue weighted by Crippen LogP contribution is -2.39. The number of hydrogen-bond donors (Lipinski definition) is 1. The molecule has 1 aliphatic rings. The molecule has 1 aromatic rings. The van der Waals surface area contributed by atoms with Crippen LogP contribution in [0.2, 0.25) is 0 Å². The summed E-state index contributed by atoms with van der Waals surface area (Å²) in [5, 5.41) is 9.13. The third-order valence-corrected chi connectivity index (χ3v) is 3.48. The first kappa shape index (κ1) is 14.0. The smallest absolute Gasteiger partial charge is 0.236 e. The third kappa shape index (κ3) is 4.33. The van der Waals surface area contributed by atoms with Crippen molar-refractivity contribution in [3.05, 3.63) is 35.9 Å². The number of nitrogens with zero attached hydrogens (tertiary/aromatic N) is 2. The fourth-order valence-electron chi connectivity index (χ4n) is 2.45. The first-order valence-corrected chi connectivity index (χ1v) is 6.94. The predicted octanol–water partition coefficient (Wildman–Crippen LogP) is 1.10. The minimum atomic E-state index is 0.0834. The zero-order chi connectivity index (χ0) is 13.5. The van der Waals surface area contributed by atoms with Crippen LogP contribution in [0.15, 0.2) is 30.3 Å². The third-order valence-electron chi connectivity index (χ3n) is 3.48. The SMILES string of the molecule is O=C(CN(CCO)Cc1ccccc1)N1CCCC1. The number of rotatable bonds is 6. The summed E-state index contributed by atoms with van der Waals surface area (Å²) in [6.45, 7) is 3.50. The maximum Gasteiger partial charge on any atom is 0.236 e. The highest BCUT2D eigenvalue weighted by molar-refractivity contribution is 5.78. The summed E-state index contributed by atoms with van der Waals surface area (Å²) >= 11 is 0. The molecule has 1 saturated heterocycles. The minimum Gasteiger partial charge on any atom is -0.395 e. The van der Waals surface area contributed by atoms with E-state index in [1.807, 2.05) is 40.1 Å². The van der Waals surface area contributed by atoms with E-state index >= 15 is 0 Å². The quantitative estimate of drug-likeness (QED) is 0.835. The zero-order valence-corrected chi connectivity index (χ0v) is 11.3. The Morgan fingerprint density at radius 2 is 1.89 bits per heavy atom. The van der Waals surface area contributed by atoms with Crippen molar-refractivity contribution in [3.63, 3.8) is 0 Å². The molecule has 0 aliphatic carbocycles. The topological polar surface area (TPSA) is 43.8 Å². The van der Waals surface area contributed by atoms with Crippen molar-refractivity contribution in [2.24, 2.45) is 0 Å². The molecule has 4 heteroatoms. The molecule has 0 unspecified atom stereocenters. The Bertz CT molecular complexity index is 388. The number of likely N-dealkylation sites (tertiary alicyclic amines) is 1. The monoisotopic (exact) mass is 262 g/mol. The van der Waals surface area contributed by atoms with Crippen molar-refractivity contribution in [3.8, 4) is 0 Å². The van der Waals surface area contributed by atoms with E-state index in [9.17, 15) is 4.79 Å². The molecule has 1 fully saturated rings. The van der Waals surface area contributed by atoms with Gasteiger partial charge in [-0.2, -0.15) is 0 Å². The molecule has 1 aliphatic heterocycles. The van der Waals surface area contributed by atoms with Crippen LogP contribution in [0, 0.1) is 0 Å². The number of amides is 1. The molecule has 0 spiro atoms. The van der Waals surface area contributed by atoms with Crippen molar-refractivity contribution in [1.29, 1.82) is 0 Å².